The Balaban J connectivity index is 1.36. The van der Waals surface area contributed by atoms with Crippen LogP contribution >= 0.6 is 11.6 Å². The smallest absolute Gasteiger partial charge is 0.252 e. The van der Waals surface area contributed by atoms with Gasteiger partial charge in [-0.15, -0.1) is 0 Å². The lowest BCUT2D eigenvalue weighted by Gasteiger charge is -2.60. The first kappa shape index (κ1) is 22.2. The average Bonchev–Trinajstić information content (AvgIpc) is 2.71. The standard InChI is InChI=1S/C27H39ClO2/c1-2-3-4-5-6-7-24(12-13-30-25-10-8-23(9-11-25)26(28)29)27-17-20-14-21(18-27)16-22(15-20)19-27/h8-11,20-22,24H,2-7,12-19H2,1H3. The molecule has 0 radical (unpaired) electrons. The molecule has 0 aliphatic heterocycles. The third-order valence-electron chi connectivity index (χ3n) is 8.42. The summed E-state index contributed by atoms with van der Waals surface area (Å²) in [7, 11) is 0. The summed E-state index contributed by atoms with van der Waals surface area (Å²) in [5.74, 6) is 4.71. The molecule has 166 valence electrons. The van der Waals surface area contributed by atoms with Gasteiger partial charge in [0.05, 0.1) is 6.61 Å². The number of hydrogen-bond acceptors (Lipinski definition) is 2. The van der Waals surface area contributed by atoms with Gasteiger partial charge in [-0.1, -0.05) is 39.0 Å². The molecule has 4 aliphatic rings. The normalized spacial score (nSPS) is 30.4. The quantitative estimate of drug-likeness (QED) is 0.248. The summed E-state index contributed by atoms with van der Waals surface area (Å²) in [5, 5.41) is -0.411. The molecule has 1 atom stereocenters. The summed E-state index contributed by atoms with van der Waals surface area (Å²) >= 11 is 5.55. The van der Waals surface area contributed by atoms with Crippen molar-refractivity contribution in [1.82, 2.24) is 0 Å². The second kappa shape index (κ2) is 10.1. The van der Waals surface area contributed by atoms with Crippen LogP contribution in [0.2, 0.25) is 0 Å². The Hall–Kier alpha value is -1.02. The number of rotatable bonds is 12. The zero-order valence-electron chi connectivity index (χ0n) is 18.7. The molecule has 3 heteroatoms. The molecule has 1 aromatic rings. The van der Waals surface area contributed by atoms with Gasteiger partial charge in [-0.25, -0.2) is 0 Å². The molecule has 0 spiro atoms. The molecule has 4 bridgehead atoms. The molecule has 4 fully saturated rings. The van der Waals surface area contributed by atoms with Crippen molar-refractivity contribution in [3.05, 3.63) is 29.8 Å². The van der Waals surface area contributed by atoms with E-state index in [1.54, 1.807) is 12.1 Å². The molecule has 30 heavy (non-hydrogen) atoms. The highest BCUT2D eigenvalue weighted by Crippen LogP contribution is 2.63. The minimum absolute atomic E-state index is 0.411. The van der Waals surface area contributed by atoms with Crippen molar-refractivity contribution < 1.29 is 9.53 Å². The van der Waals surface area contributed by atoms with E-state index in [1.165, 1.54) is 83.5 Å². The lowest BCUT2D eigenvalue weighted by molar-refractivity contribution is -0.0933. The molecule has 0 N–H and O–H groups in total. The Morgan fingerprint density at radius 3 is 2.13 bits per heavy atom. The van der Waals surface area contributed by atoms with Crippen LogP contribution in [-0.2, 0) is 0 Å². The highest BCUT2D eigenvalue weighted by Gasteiger charge is 2.53. The maximum Gasteiger partial charge on any atom is 0.252 e. The Morgan fingerprint density at radius 1 is 0.967 bits per heavy atom. The molecule has 4 aliphatic carbocycles. The van der Waals surface area contributed by atoms with Crippen molar-refractivity contribution in [3.8, 4) is 5.75 Å². The zero-order valence-corrected chi connectivity index (χ0v) is 19.5. The third kappa shape index (κ3) is 5.23. The molecule has 0 heterocycles. The summed E-state index contributed by atoms with van der Waals surface area (Å²) < 4.78 is 6.12. The lowest BCUT2D eigenvalue weighted by atomic mass is 9.46. The number of carbonyl (C=O) groups excluding carboxylic acids is 1. The lowest BCUT2D eigenvalue weighted by Crippen LogP contribution is -2.49. The summed E-state index contributed by atoms with van der Waals surface area (Å²) in [6.45, 7) is 3.08. The molecule has 1 unspecified atom stereocenters. The summed E-state index contributed by atoms with van der Waals surface area (Å²) in [6, 6.07) is 7.27. The van der Waals surface area contributed by atoms with E-state index in [-0.39, 0.29) is 0 Å². The second-order valence-electron chi connectivity index (χ2n) is 10.6. The summed E-state index contributed by atoms with van der Waals surface area (Å²) in [4.78, 5) is 11.3. The predicted octanol–water partition coefficient (Wildman–Crippen LogP) is 8.03. The molecule has 0 aromatic heterocycles. The van der Waals surface area contributed by atoms with Crippen LogP contribution in [0.25, 0.3) is 0 Å². The fourth-order valence-corrected chi connectivity index (χ4v) is 7.56. The second-order valence-corrected chi connectivity index (χ2v) is 11.0. The topological polar surface area (TPSA) is 26.3 Å². The van der Waals surface area contributed by atoms with E-state index in [1.807, 2.05) is 12.1 Å². The van der Waals surface area contributed by atoms with Gasteiger partial charge < -0.3 is 4.74 Å². The van der Waals surface area contributed by atoms with Crippen LogP contribution < -0.4 is 4.74 Å². The molecule has 0 amide bonds. The fourth-order valence-electron chi connectivity index (χ4n) is 7.43. The van der Waals surface area contributed by atoms with E-state index in [0.717, 1.165) is 36.0 Å². The number of hydrogen-bond donors (Lipinski definition) is 0. The predicted molar refractivity (Wildman–Crippen MR) is 124 cm³/mol. The van der Waals surface area contributed by atoms with Crippen molar-refractivity contribution in [2.45, 2.75) is 90.4 Å². The van der Waals surface area contributed by atoms with E-state index in [0.29, 0.717) is 11.0 Å². The van der Waals surface area contributed by atoms with Crippen molar-refractivity contribution in [1.29, 1.82) is 0 Å². The zero-order chi connectivity index (χ0) is 21.0. The van der Waals surface area contributed by atoms with Crippen LogP contribution in [0.15, 0.2) is 24.3 Å². The first-order valence-corrected chi connectivity index (χ1v) is 12.9. The van der Waals surface area contributed by atoms with Gasteiger partial charge in [-0.2, -0.15) is 0 Å². The number of unbranched alkanes of at least 4 members (excludes halogenated alkanes) is 4. The molecular formula is C27H39ClO2. The summed E-state index contributed by atoms with van der Waals surface area (Å²) in [6.07, 6.45) is 18.5. The van der Waals surface area contributed by atoms with Gasteiger partial charge in [0, 0.05) is 5.56 Å². The first-order chi connectivity index (χ1) is 14.6. The fraction of sp³-hybridized carbons (Fsp3) is 0.741. The van der Waals surface area contributed by atoms with E-state index in [2.05, 4.69) is 6.92 Å². The highest BCUT2D eigenvalue weighted by atomic mass is 35.5. The van der Waals surface area contributed by atoms with Crippen molar-refractivity contribution in [2.75, 3.05) is 6.61 Å². The molecule has 2 nitrogen and oxygen atoms in total. The monoisotopic (exact) mass is 430 g/mol. The number of ether oxygens (including phenoxy) is 1. The van der Waals surface area contributed by atoms with Crippen LogP contribution in [0.3, 0.4) is 0 Å². The maximum absolute atomic E-state index is 11.3. The Morgan fingerprint density at radius 2 is 1.57 bits per heavy atom. The van der Waals surface area contributed by atoms with E-state index < -0.39 is 5.24 Å². The first-order valence-electron chi connectivity index (χ1n) is 12.5. The SMILES string of the molecule is CCCCCCCC(CCOc1ccc(C(=O)Cl)cc1)C12CC3CC(CC(C3)C1)C2. The number of benzene rings is 1. The Bertz CT molecular complexity index is 660. The Labute approximate surface area is 188 Å². The van der Waals surface area contributed by atoms with Gasteiger partial charge in [-0.3, -0.25) is 4.79 Å². The van der Waals surface area contributed by atoms with Gasteiger partial charge in [0.1, 0.15) is 5.75 Å². The van der Waals surface area contributed by atoms with E-state index >= 15 is 0 Å². The average molecular weight is 431 g/mol. The Kier molecular flexibility index (Phi) is 7.44. The van der Waals surface area contributed by atoms with Crippen molar-refractivity contribution in [3.63, 3.8) is 0 Å². The van der Waals surface area contributed by atoms with Gasteiger partial charge in [0.25, 0.3) is 5.24 Å². The van der Waals surface area contributed by atoms with Gasteiger partial charge >= 0.3 is 0 Å². The largest absolute Gasteiger partial charge is 0.494 e. The van der Waals surface area contributed by atoms with Crippen LogP contribution in [0.1, 0.15) is 101 Å². The number of halogens is 1. The molecular weight excluding hydrogens is 392 g/mol. The molecule has 5 rings (SSSR count). The van der Waals surface area contributed by atoms with Crippen LogP contribution in [0, 0.1) is 29.1 Å². The van der Waals surface area contributed by atoms with Crippen molar-refractivity contribution in [2.24, 2.45) is 29.1 Å². The van der Waals surface area contributed by atoms with E-state index in [9.17, 15) is 4.79 Å². The minimum Gasteiger partial charge on any atom is -0.494 e. The van der Waals surface area contributed by atoms with Gasteiger partial charge in [-0.05, 0) is 116 Å². The summed E-state index contributed by atoms with van der Waals surface area (Å²) in [5.41, 5.74) is 1.14. The van der Waals surface area contributed by atoms with E-state index in [4.69, 9.17) is 16.3 Å². The van der Waals surface area contributed by atoms with Crippen LogP contribution in [0.5, 0.6) is 5.75 Å². The molecule has 1 aromatic carbocycles. The molecule has 4 saturated carbocycles. The van der Waals surface area contributed by atoms with Crippen molar-refractivity contribution >= 4 is 16.8 Å². The maximum atomic E-state index is 11.3. The van der Waals surface area contributed by atoms with Crippen LogP contribution in [-0.4, -0.2) is 11.8 Å². The highest BCUT2D eigenvalue weighted by molar-refractivity contribution is 6.67. The van der Waals surface area contributed by atoms with Gasteiger partial charge in [0.15, 0.2) is 0 Å². The van der Waals surface area contributed by atoms with Crippen LogP contribution in [0.4, 0.5) is 0 Å². The van der Waals surface area contributed by atoms with Gasteiger partial charge in [0.2, 0.25) is 0 Å². The minimum atomic E-state index is -0.411. The third-order valence-corrected chi connectivity index (χ3v) is 8.64. The number of carbonyl (C=O) groups is 1. The molecule has 0 saturated heterocycles.